The Morgan fingerprint density at radius 3 is 2.22 bits per heavy atom. The van der Waals surface area contributed by atoms with E-state index in [1.54, 1.807) is 18.2 Å². The van der Waals surface area contributed by atoms with Crippen molar-refractivity contribution >= 4 is 27.5 Å². The molecule has 0 unspecified atom stereocenters. The highest BCUT2D eigenvalue weighted by Crippen LogP contribution is 2.31. The van der Waals surface area contributed by atoms with Crippen molar-refractivity contribution in [2.45, 2.75) is 66.1 Å². The average Bonchev–Trinajstić information content (AvgIpc) is 2.75. The number of hydrogen-bond donors (Lipinski definition) is 1. The Morgan fingerprint density at radius 2 is 1.69 bits per heavy atom. The third-order valence-corrected chi connectivity index (χ3v) is 6.73. The molecule has 2 rings (SSSR count). The predicted molar refractivity (Wildman–Crippen MR) is 144 cm³/mol. The van der Waals surface area contributed by atoms with Crippen LogP contribution >= 0.6 is 0 Å². The Kier molecular flexibility index (Phi) is 9.54. The van der Waals surface area contributed by atoms with Gasteiger partial charge in [0.05, 0.1) is 19.1 Å². The van der Waals surface area contributed by atoms with Crippen molar-refractivity contribution in [3.8, 4) is 5.75 Å². The van der Waals surface area contributed by atoms with E-state index in [1.165, 1.54) is 12.0 Å². The van der Waals surface area contributed by atoms with Crippen LogP contribution in [0.15, 0.2) is 42.5 Å². The molecule has 1 N–H and O–H groups in total. The van der Waals surface area contributed by atoms with Gasteiger partial charge in [-0.15, -0.1) is 0 Å². The first-order valence-electron chi connectivity index (χ1n) is 12.0. The molecule has 2 aromatic rings. The topological polar surface area (TPSA) is 96.0 Å². The van der Waals surface area contributed by atoms with Crippen molar-refractivity contribution in [3.05, 3.63) is 59.2 Å². The first-order valence-corrected chi connectivity index (χ1v) is 13.8. The number of ether oxygens (including phenoxy) is 1. The van der Waals surface area contributed by atoms with Gasteiger partial charge in [0.1, 0.15) is 18.3 Å². The third-order valence-electron chi connectivity index (χ3n) is 5.60. The zero-order valence-electron chi connectivity index (χ0n) is 22.6. The van der Waals surface area contributed by atoms with Gasteiger partial charge >= 0.3 is 0 Å². The van der Waals surface area contributed by atoms with E-state index < -0.39 is 34.1 Å². The van der Waals surface area contributed by atoms with Crippen LogP contribution in [0.2, 0.25) is 0 Å². The summed E-state index contributed by atoms with van der Waals surface area (Å²) in [4.78, 5) is 28.5. The van der Waals surface area contributed by atoms with Gasteiger partial charge in [0, 0.05) is 12.1 Å². The number of anilines is 1. The SMILES string of the molecule is CC[C@H](C(=O)NC(C)(C)C)N(Cc1cccc(C)c1)C(=O)CN(c1cc(C)ccc1OC)S(C)(=O)=O. The maximum atomic E-state index is 13.8. The molecular formula is C27H39N3O5S. The summed E-state index contributed by atoms with van der Waals surface area (Å²) in [5.74, 6) is -0.437. The lowest BCUT2D eigenvalue weighted by Gasteiger charge is -2.34. The Morgan fingerprint density at radius 1 is 1.06 bits per heavy atom. The van der Waals surface area contributed by atoms with E-state index >= 15 is 0 Å². The van der Waals surface area contributed by atoms with E-state index in [0.717, 1.165) is 27.3 Å². The Hall–Kier alpha value is -3.07. The maximum absolute atomic E-state index is 13.8. The second kappa shape index (κ2) is 11.8. The molecule has 2 amide bonds. The molecule has 8 nitrogen and oxygen atoms in total. The summed E-state index contributed by atoms with van der Waals surface area (Å²) in [6.07, 6.45) is 1.42. The maximum Gasteiger partial charge on any atom is 0.244 e. The van der Waals surface area contributed by atoms with Crippen LogP contribution in [-0.4, -0.2) is 56.6 Å². The van der Waals surface area contributed by atoms with Crippen LogP contribution in [0.3, 0.4) is 0 Å². The molecule has 36 heavy (non-hydrogen) atoms. The molecule has 0 aliphatic heterocycles. The fourth-order valence-corrected chi connectivity index (χ4v) is 4.81. The summed E-state index contributed by atoms with van der Waals surface area (Å²) in [6.45, 7) is 10.9. The smallest absolute Gasteiger partial charge is 0.244 e. The Labute approximate surface area is 215 Å². The number of carbonyl (C=O) groups excluding carboxylic acids is 2. The van der Waals surface area contributed by atoms with Crippen molar-refractivity contribution in [1.82, 2.24) is 10.2 Å². The molecule has 0 saturated carbocycles. The summed E-state index contributed by atoms with van der Waals surface area (Å²) in [6, 6.07) is 12.0. The number of carbonyl (C=O) groups is 2. The van der Waals surface area contributed by atoms with Crippen LogP contribution in [0.25, 0.3) is 0 Å². The molecule has 0 fully saturated rings. The zero-order chi connectivity index (χ0) is 27.3. The van der Waals surface area contributed by atoms with E-state index in [1.807, 2.05) is 65.8 Å². The van der Waals surface area contributed by atoms with Crippen LogP contribution < -0.4 is 14.4 Å². The van der Waals surface area contributed by atoms with Crippen molar-refractivity contribution in [1.29, 1.82) is 0 Å². The second-order valence-electron chi connectivity index (χ2n) is 10.1. The third kappa shape index (κ3) is 7.98. The van der Waals surface area contributed by atoms with Gasteiger partial charge < -0.3 is 15.0 Å². The summed E-state index contributed by atoms with van der Waals surface area (Å²) in [5.41, 5.74) is 2.48. The highest BCUT2D eigenvalue weighted by molar-refractivity contribution is 7.92. The van der Waals surface area contributed by atoms with Crippen LogP contribution in [0.4, 0.5) is 5.69 Å². The molecule has 0 radical (unpaired) electrons. The standard InChI is InChI=1S/C27H39N3O5S/c1-9-22(26(32)28-27(4,5)6)29(17-21-12-10-11-19(2)15-21)25(31)18-30(36(8,33)34)23-16-20(3)13-14-24(23)35-7/h10-16,22H,9,17-18H2,1-8H3,(H,28,32)/t22-/m1/s1. The van der Waals surface area contributed by atoms with Crippen LogP contribution in [-0.2, 0) is 26.2 Å². The molecule has 0 aliphatic carbocycles. The van der Waals surface area contributed by atoms with Gasteiger partial charge in [-0.05, 0) is 64.3 Å². The van der Waals surface area contributed by atoms with Crippen molar-refractivity contribution in [2.75, 3.05) is 24.2 Å². The first kappa shape index (κ1) is 29.2. The highest BCUT2D eigenvalue weighted by Gasteiger charge is 2.33. The molecule has 0 spiro atoms. The molecule has 0 aromatic heterocycles. The number of methoxy groups -OCH3 is 1. The van der Waals surface area contributed by atoms with Gasteiger partial charge in [-0.25, -0.2) is 8.42 Å². The van der Waals surface area contributed by atoms with Gasteiger partial charge in [0.25, 0.3) is 0 Å². The van der Waals surface area contributed by atoms with Crippen molar-refractivity contribution in [3.63, 3.8) is 0 Å². The highest BCUT2D eigenvalue weighted by atomic mass is 32.2. The van der Waals surface area contributed by atoms with E-state index in [0.29, 0.717) is 12.2 Å². The number of aryl methyl sites for hydroxylation is 2. The number of rotatable bonds is 10. The predicted octanol–water partition coefficient (Wildman–Crippen LogP) is 3.80. The van der Waals surface area contributed by atoms with Gasteiger partial charge in [-0.1, -0.05) is 42.8 Å². The van der Waals surface area contributed by atoms with E-state index in [4.69, 9.17) is 4.74 Å². The Balaban J connectivity index is 2.53. The van der Waals surface area contributed by atoms with Crippen LogP contribution in [0, 0.1) is 13.8 Å². The lowest BCUT2D eigenvalue weighted by molar-refractivity contribution is -0.141. The normalized spacial score (nSPS) is 12.6. The summed E-state index contributed by atoms with van der Waals surface area (Å²) in [5, 5.41) is 2.96. The zero-order valence-corrected chi connectivity index (χ0v) is 23.4. The molecule has 0 heterocycles. The lowest BCUT2D eigenvalue weighted by atomic mass is 10.0. The number of benzene rings is 2. The molecular weight excluding hydrogens is 478 g/mol. The fourth-order valence-electron chi connectivity index (χ4n) is 3.97. The van der Waals surface area contributed by atoms with Gasteiger partial charge in [-0.3, -0.25) is 13.9 Å². The molecule has 0 saturated heterocycles. The second-order valence-corrected chi connectivity index (χ2v) is 12.0. The number of nitrogens with one attached hydrogen (secondary N) is 1. The summed E-state index contributed by atoms with van der Waals surface area (Å²) < 4.78 is 32.1. The Bertz CT molecular complexity index is 1190. The van der Waals surface area contributed by atoms with Gasteiger partial charge in [-0.2, -0.15) is 0 Å². The molecule has 2 aromatic carbocycles. The lowest BCUT2D eigenvalue weighted by Crippen LogP contribution is -2.55. The van der Waals surface area contributed by atoms with Crippen molar-refractivity contribution < 1.29 is 22.7 Å². The molecule has 1 atom stereocenters. The first-order chi connectivity index (χ1) is 16.7. The minimum atomic E-state index is -3.85. The van der Waals surface area contributed by atoms with Crippen LogP contribution in [0.1, 0.15) is 50.8 Å². The molecule has 9 heteroatoms. The number of amides is 2. The minimum Gasteiger partial charge on any atom is -0.495 e. The van der Waals surface area contributed by atoms with Gasteiger partial charge in [0.15, 0.2) is 0 Å². The molecule has 198 valence electrons. The minimum absolute atomic E-state index is 0.166. The fraction of sp³-hybridized carbons (Fsp3) is 0.481. The molecule has 0 bridgehead atoms. The average molecular weight is 518 g/mol. The van der Waals surface area contributed by atoms with E-state index in [-0.39, 0.29) is 18.1 Å². The number of hydrogen-bond acceptors (Lipinski definition) is 5. The summed E-state index contributed by atoms with van der Waals surface area (Å²) >= 11 is 0. The largest absolute Gasteiger partial charge is 0.495 e. The summed E-state index contributed by atoms with van der Waals surface area (Å²) in [7, 11) is -2.40. The number of sulfonamides is 1. The van der Waals surface area contributed by atoms with Crippen molar-refractivity contribution in [2.24, 2.45) is 0 Å². The van der Waals surface area contributed by atoms with Gasteiger partial charge in [0.2, 0.25) is 21.8 Å². The molecule has 0 aliphatic rings. The van der Waals surface area contributed by atoms with E-state index in [9.17, 15) is 18.0 Å². The number of nitrogens with zero attached hydrogens (tertiary/aromatic N) is 2. The quantitative estimate of drug-likeness (QED) is 0.517. The van der Waals surface area contributed by atoms with E-state index in [2.05, 4.69) is 5.32 Å². The van der Waals surface area contributed by atoms with Crippen LogP contribution in [0.5, 0.6) is 5.75 Å². The monoisotopic (exact) mass is 517 g/mol.